The standard InChI is InChI=1S/C22H25N3O/c26-22-19-10-4-5-11-20(19)23-21(24-22)12-6-7-17-13-15-25(16-14-17)18-8-2-1-3-9-18/h1-5,8-11,17H,6-7,12-16H2,(H,23,24,26). The average molecular weight is 347 g/mol. The minimum absolute atomic E-state index is 0.0261. The Morgan fingerprint density at radius 1 is 1.00 bits per heavy atom. The van der Waals surface area contributed by atoms with Gasteiger partial charge in [-0.1, -0.05) is 30.3 Å². The van der Waals surface area contributed by atoms with Gasteiger partial charge in [-0.25, -0.2) is 4.98 Å². The third-order valence-corrected chi connectivity index (χ3v) is 5.42. The number of rotatable bonds is 5. The van der Waals surface area contributed by atoms with Crippen LogP contribution < -0.4 is 10.5 Å². The summed E-state index contributed by atoms with van der Waals surface area (Å²) in [6, 6.07) is 18.2. The lowest BCUT2D eigenvalue weighted by Gasteiger charge is -2.33. The summed E-state index contributed by atoms with van der Waals surface area (Å²) in [4.78, 5) is 22.2. The Hall–Kier alpha value is -2.62. The van der Waals surface area contributed by atoms with Gasteiger partial charge < -0.3 is 9.88 Å². The number of hydrogen-bond donors (Lipinski definition) is 1. The van der Waals surface area contributed by atoms with Crippen molar-refractivity contribution >= 4 is 16.6 Å². The van der Waals surface area contributed by atoms with Gasteiger partial charge in [-0.2, -0.15) is 0 Å². The number of nitrogens with zero attached hydrogens (tertiary/aromatic N) is 2. The Morgan fingerprint density at radius 2 is 1.73 bits per heavy atom. The Balaban J connectivity index is 1.29. The van der Waals surface area contributed by atoms with Crippen LogP contribution in [0.5, 0.6) is 0 Å². The van der Waals surface area contributed by atoms with Crippen molar-refractivity contribution in [3.63, 3.8) is 0 Å². The van der Waals surface area contributed by atoms with Gasteiger partial charge >= 0.3 is 0 Å². The van der Waals surface area contributed by atoms with Crippen molar-refractivity contribution < 1.29 is 0 Å². The Labute approximate surface area is 153 Å². The van der Waals surface area contributed by atoms with Gasteiger partial charge in [-0.05, 0) is 55.9 Å². The minimum atomic E-state index is -0.0261. The van der Waals surface area contributed by atoms with Crippen LogP contribution in [0.3, 0.4) is 0 Å². The van der Waals surface area contributed by atoms with E-state index < -0.39 is 0 Å². The van der Waals surface area contributed by atoms with Crippen molar-refractivity contribution in [1.82, 2.24) is 9.97 Å². The predicted octanol–water partition coefficient (Wildman–Crippen LogP) is 4.16. The maximum Gasteiger partial charge on any atom is 0.258 e. The first kappa shape index (κ1) is 16.8. The van der Waals surface area contributed by atoms with Crippen molar-refractivity contribution in [2.75, 3.05) is 18.0 Å². The predicted molar refractivity (Wildman–Crippen MR) is 107 cm³/mol. The van der Waals surface area contributed by atoms with Gasteiger partial charge in [0.05, 0.1) is 10.9 Å². The molecular weight excluding hydrogens is 322 g/mol. The quantitative estimate of drug-likeness (QED) is 0.754. The molecule has 1 fully saturated rings. The zero-order chi connectivity index (χ0) is 17.8. The Bertz CT molecular complexity index is 911. The van der Waals surface area contributed by atoms with Crippen LogP contribution in [-0.2, 0) is 6.42 Å². The second-order valence-corrected chi connectivity index (χ2v) is 7.19. The molecule has 0 aliphatic carbocycles. The molecule has 0 radical (unpaired) electrons. The Kier molecular flexibility index (Phi) is 5.00. The summed E-state index contributed by atoms with van der Waals surface area (Å²) in [5.41, 5.74) is 2.10. The van der Waals surface area contributed by atoms with E-state index >= 15 is 0 Å². The average Bonchev–Trinajstić information content (AvgIpc) is 2.69. The molecule has 134 valence electrons. The van der Waals surface area contributed by atoms with Gasteiger partial charge in [0, 0.05) is 25.2 Å². The molecule has 1 aliphatic heterocycles. The van der Waals surface area contributed by atoms with E-state index in [0.29, 0.717) is 5.39 Å². The van der Waals surface area contributed by atoms with Gasteiger partial charge in [-0.15, -0.1) is 0 Å². The first-order chi connectivity index (χ1) is 12.8. The number of hydrogen-bond acceptors (Lipinski definition) is 3. The molecule has 1 saturated heterocycles. The van der Waals surface area contributed by atoms with E-state index in [1.165, 1.54) is 24.9 Å². The molecule has 0 amide bonds. The smallest absolute Gasteiger partial charge is 0.258 e. The minimum Gasteiger partial charge on any atom is -0.372 e. The zero-order valence-electron chi connectivity index (χ0n) is 15.0. The van der Waals surface area contributed by atoms with E-state index in [4.69, 9.17) is 0 Å². The highest BCUT2D eigenvalue weighted by Crippen LogP contribution is 2.26. The molecule has 3 aromatic rings. The van der Waals surface area contributed by atoms with Crippen LogP contribution in [-0.4, -0.2) is 23.1 Å². The van der Waals surface area contributed by atoms with Gasteiger partial charge in [0.1, 0.15) is 5.82 Å². The van der Waals surface area contributed by atoms with Crippen LogP contribution in [0.15, 0.2) is 59.4 Å². The van der Waals surface area contributed by atoms with Crippen molar-refractivity contribution in [2.45, 2.75) is 32.1 Å². The number of H-pyrrole nitrogens is 1. The lowest BCUT2D eigenvalue weighted by atomic mass is 9.91. The summed E-state index contributed by atoms with van der Waals surface area (Å²) in [6.45, 7) is 2.28. The van der Waals surface area contributed by atoms with Crippen molar-refractivity contribution in [3.05, 3.63) is 70.8 Å². The summed E-state index contributed by atoms with van der Waals surface area (Å²) < 4.78 is 0. The molecular formula is C22H25N3O. The fourth-order valence-corrected chi connectivity index (χ4v) is 3.93. The van der Waals surface area contributed by atoms with E-state index in [1.54, 1.807) is 0 Å². The number of anilines is 1. The van der Waals surface area contributed by atoms with Gasteiger partial charge in [0.25, 0.3) is 5.56 Å². The van der Waals surface area contributed by atoms with Crippen LogP contribution in [0.4, 0.5) is 5.69 Å². The molecule has 0 atom stereocenters. The van der Waals surface area contributed by atoms with Crippen LogP contribution in [0, 0.1) is 5.92 Å². The first-order valence-corrected chi connectivity index (χ1v) is 9.57. The summed E-state index contributed by atoms with van der Waals surface area (Å²) in [5, 5.41) is 0.671. The molecule has 4 rings (SSSR count). The number of benzene rings is 2. The number of aryl methyl sites for hydroxylation is 1. The van der Waals surface area contributed by atoms with Crippen LogP contribution in [0.25, 0.3) is 10.9 Å². The fourth-order valence-electron chi connectivity index (χ4n) is 3.93. The Morgan fingerprint density at radius 3 is 2.54 bits per heavy atom. The summed E-state index contributed by atoms with van der Waals surface area (Å²) in [5.74, 6) is 1.59. The molecule has 0 bridgehead atoms. The second-order valence-electron chi connectivity index (χ2n) is 7.19. The normalized spacial score (nSPS) is 15.5. The third-order valence-electron chi connectivity index (χ3n) is 5.42. The molecule has 0 spiro atoms. The number of aromatic nitrogens is 2. The molecule has 4 nitrogen and oxygen atoms in total. The van der Waals surface area contributed by atoms with Crippen molar-refractivity contribution in [2.24, 2.45) is 5.92 Å². The number of para-hydroxylation sites is 2. The fraction of sp³-hybridized carbons (Fsp3) is 0.364. The molecule has 26 heavy (non-hydrogen) atoms. The van der Waals surface area contributed by atoms with Crippen LogP contribution >= 0.6 is 0 Å². The third kappa shape index (κ3) is 3.79. The molecule has 0 saturated carbocycles. The topological polar surface area (TPSA) is 49.0 Å². The SMILES string of the molecule is O=c1[nH]c(CCCC2CCN(c3ccccc3)CC2)nc2ccccc12. The summed E-state index contributed by atoms with van der Waals surface area (Å²) in [6.07, 6.45) is 5.63. The monoisotopic (exact) mass is 347 g/mol. The van der Waals surface area contributed by atoms with Gasteiger partial charge in [0.15, 0.2) is 0 Å². The van der Waals surface area contributed by atoms with Crippen LogP contribution in [0.1, 0.15) is 31.5 Å². The lowest BCUT2D eigenvalue weighted by molar-refractivity contribution is 0.372. The summed E-state index contributed by atoms with van der Waals surface area (Å²) >= 11 is 0. The molecule has 1 N–H and O–H groups in total. The number of fused-ring (bicyclic) bond motifs is 1. The highest BCUT2D eigenvalue weighted by Gasteiger charge is 2.19. The van der Waals surface area contributed by atoms with E-state index in [-0.39, 0.29) is 5.56 Å². The van der Waals surface area contributed by atoms with Crippen molar-refractivity contribution in [3.8, 4) is 0 Å². The van der Waals surface area contributed by atoms with E-state index in [1.807, 2.05) is 24.3 Å². The molecule has 4 heteroatoms. The molecule has 2 aromatic carbocycles. The zero-order valence-corrected chi connectivity index (χ0v) is 15.0. The molecule has 0 unspecified atom stereocenters. The summed E-state index contributed by atoms with van der Waals surface area (Å²) in [7, 11) is 0. The number of nitrogens with one attached hydrogen (secondary N) is 1. The van der Waals surface area contributed by atoms with E-state index in [0.717, 1.165) is 43.2 Å². The maximum absolute atomic E-state index is 12.1. The largest absolute Gasteiger partial charge is 0.372 e. The van der Waals surface area contributed by atoms with Crippen molar-refractivity contribution in [1.29, 1.82) is 0 Å². The lowest BCUT2D eigenvalue weighted by Crippen LogP contribution is -2.33. The first-order valence-electron chi connectivity index (χ1n) is 9.57. The highest BCUT2D eigenvalue weighted by molar-refractivity contribution is 5.77. The highest BCUT2D eigenvalue weighted by atomic mass is 16.1. The molecule has 1 aromatic heterocycles. The van der Waals surface area contributed by atoms with Gasteiger partial charge in [0.2, 0.25) is 0 Å². The second kappa shape index (κ2) is 7.73. The van der Waals surface area contributed by atoms with Crippen LogP contribution in [0.2, 0.25) is 0 Å². The molecule has 1 aliphatic rings. The number of piperidine rings is 1. The van der Waals surface area contributed by atoms with E-state index in [9.17, 15) is 4.79 Å². The van der Waals surface area contributed by atoms with Gasteiger partial charge in [-0.3, -0.25) is 4.79 Å². The number of aromatic amines is 1. The van der Waals surface area contributed by atoms with E-state index in [2.05, 4.69) is 45.2 Å². The maximum atomic E-state index is 12.1. The molecule has 2 heterocycles.